The molecule has 7 nitrogen and oxygen atoms in total. The minimum atomic E-state index is -4.96. The van der Waals surface area contributed by atoms with Gasteiger partial charge in [0.1, 0.15) is 0 Å². The first kappa shape index (κ1) is 24.8. The molecular formula is C18H34O7S. The lowest BCUT2D eigenvalue weighted by atomic mass is 9.96. The summed E-state index contributed by atoms with van der Waals surface area (Å²) in [5.74, 6) is -4.98. The molecule has 2 unspecified atom stereocenters. The van der Waals surface area contributed by atoms with E-state index in [9.17, 15) is 18.0 Å². The van der Waals surface area contributed by atoms with Gasteiger partial charge in [-0.25, -0.2) is 0 Å². The molecule has 154 valence electrons. The first-order valence-electron chi connectivity index (χ1n) is 9.63. The van der Waals surface area contributed by atoms with Crippen molar-refractivity contribution in [3.8, 4) is 0 Å². The minimum Gasteiger partial charge on any atom is -0.481 e. The zero-order valence-corrected chi connectivity index (χ0v) is 16.5. The number of carboxylic acid groups (broad SMARTS) is 2. The number of unbranched alkanes of at least 4 members (excludes halogenated alkanes) is 11. The van der Waals surface area contributed by atoms with Crippen LogP contribution >= 0.6 is 0 Å². The molecule has 0 aliphatic carbocycles. The van der Waals surface area contributed by atoms with E-state index in [0.29, 0.717) is 6.42 Å². The summed E-state index contributed by atoms with van der Waals surface area (Å²) in [5, 5.41) is 15.7. The highest BCUT2D eigenvalue weighted by Gasteiger charge is 2.42. The number of aliphatic carboxylic acids is 2. The second-order valence-corrected chi connectivity index (χ2v) is 8.43. The Morgan fingerprint density at radius 3 is 1.42 bits per heavy atom. The van der Waals surface area contributed by atoms with E-state index in [4.69, 9.17) is 14.8 Å². The van der Waals surface area contributed by atoms with Gasteiger partial charge in [-0.3, -0.25) is 14.1 Å². The molecule has 0 aromatic carbocycles. The Morgan fingerprint density at radius 1 is 0.731 bits per heavy atom. The molecule has 26 heavy (non-hydrogen) atoms. The molecule has 0 rings (SSSR count). The molecule has 2 atom stereocenters. The Bertz CT molecular complexity index is 502. The third kappa shape index (κ3) is 11.5. The van der Waals surface area contributed by atoms with Crippen LogP contribution < -0.4 is 0 Å². The summed E-state index contributed by atoms with van der Waals surface area (Å²) < 4.78 is 31.3. The van der Waals surface area contributed by atoms with Crippen molar-refractivity contribution in [3.05, 3.63) is 0 Å². The van der Waals surface area contributed by atoms with Crippen molar-refractivity contribution in [3.63, 3.8) is 0 Å². The quantitative estimate of drug-likeness (QED) is 0.250. The van der Waals surface area contributed by atoms with E-state index in [1.807, 2.05) is 0 Å². The molecule has 0 spiro atoms. The van der Waals surface area contributed by atoms with Crippen LogP contribution in [0.1, 0.15) is 90.4 Å². The zero-order valence-electron chi connectivity index (χ0n) is 15.7. The van der Waals surface area contributed by atoms with Gasteiger partial charge in [0.25, 0.3) is 10.1 Å². The number of rotatable bonds is 17. The maximum atomic E-state index is 11.2. The van der Waals surface area contributed by atoms with Crippen LogP contribution in [0.25, 0.3) is 0 Å². The highest BCUT2D eigenvalue weighted by molar-refractivity contribution is 7.87. The summed E-state index contributed by atoms with van der Waals surface area (Å²) >= 11 is 0. The molecule has 0 aromatic heterocycles. The minimum absolute atomic E-state index is 0.0798. The summed E-state index contributed by atoms with van der Waals surface area (Å²) in [6.45, 7) is 2.20. The normalized spacial score (nSPS) is 14.1. The van der Waals surface area contributed by atoms with E-state index in [1.165, 1.54) is 44.9 Å². The van der Waals surface area contributed by atoms with Crippen LogP contribution in [0.4, 0.5) is 0 Å². The molecule has 0 bridgehead atoms. The van der Waals surface area contributed by atoms with Crippen molar-refractivity contribution in [2.45, 2.75) is 95.6 Å². The Balaban J connectivity index is 3.95. The fourth-order valence-corrected chi connectivity index (χ4v) is 4.04. The van der Waals surface area contributed by atoms with Gasteiger partial charge in [-0.2, -0.15) is 8.42 Å². The van der Waals surface area contributed by atoms with Gasteiger partial charge < -0.3 is 10.2 Å². The van der Waals surface area contributed by atoms with Crippen molar-refractivity contribution >= 4 is 22.1 Å². The smallest absolute Gasteiger partial charge is 0.325 e. The lowest BCUT2D eigenvalue weighted by molar-refractivity contribution is -0.148. The summed E-state index contributed by atoms with van der Waals surface area (Å²) in [7, 11) is -4.96. The Kier molecular flexibility index (Phi) is 13.4. The van der Waals surface area contributed by atoms with Crippen molar-refractivity contribution in [2.24, 2.45) is 5.92 Å². The van der Waals surface area contributed by atoms with E-state index in [-0.39, 0.29) is 6.42 Å². The predicted octanol–water partition coefficient (Wildman–Crippen LogP) is 4.12. The van der Waals surface area contributed by atoms with E-state index in [1.54, 1.807) is 0 Å². The molecule has 0 saturated heterocycles. The molecular weight excluding hydrogens is 360 g/mol. The lowest BCUT2D eigenvalue weighted by Crippen LogP contribution is -2.41. The second kappa shape index (κ2) is 14.0. The molecule has 0 amide bonds. The molecule has 0 saturated carbocycles. The number of hydrogen-bond donors (Lipinski definition) is 3. The van der Waals surface area contributed by atoms with Crippen LogP contribution in [0.15, 0.2) is 0 Å². The maximum absolute atomic E-state index is 11.2. The largest absolute Gasteiger partial charge is 0.481 e. The van der Waals surface area contributed by atoms with Crippen molar-refractivity contribution in [2.75, 3.05) is 0 Å². The Labute approximate surface area is 156 Å². The standard InChI is InChI=1S/C18H34O7S/c1-2-3-4-5-6-7-8-9-10-11-12-13-14-15(17(19)20)16(18(21)22)26(23,24)25/h15-16H,2-14H2,1H3,(H,19,20)(H,21,22)(H,23,24,25). The first-order chi connectivity index (χ1) is 12.2. The van der Waals surface area contributed by atoms with E-state index in [0.717, 1.165) is 25.7 Å². The molecule has 8 heteroatoms. The highest BCUT2D eigenvalue weighted by atomic mass is 32.2. The van der Waals surface area contributed by atoms with Crippen LogP contribution in [-0.2, 0) is 19.7 Å². The topological polar surface area (TPSA) is 129 Å². The molecule has 0 aliphatic heterocycles. The van der Waals surface area contributed by atoms with Crippen LogP contribution in [-0.4, -0.2) is 40.4 Å². The molecule has 0 aliphatic rings. The molecule has 0 fully saturated rings. The van der Waals surface area contributed by atoms with Crippen LogP contribution in [0.5, 0.6) is 0 Å². The SMILES string of the molecule is CCCCCCCCCCCCCCC(C(=O)O)C(C(=O)O)S(=O)(=O)O. The monoisotopic (exact) mass is 394 g/mol. The van der Waals surface area contributed by atoms with Crippen molar-refractivity contribution in [1.29, 1.82) is 0 Å². The van der Waals surface area contributed by atoms with Gasteiger partial charge in [0.2, 0.25) is 0 Å². The highest BCUT2D eigenvalue weighted by Crippen LogP contribution is 2.21. The molecule has 0 aromatic rings. The average Bonchev–Trinajstić information content (AvgIpc) is 2.52. The van der Waals surface area contributed by atoms with Gasteiger partial charge in [-0.15, -0.1) is 0 Å². The fraction of sp³-hybridized carbons (Fsp3) is 0.889. The van der Waals surface area contributed by atoms with Crippen molar-refractivity contribution < 1.29 is 32.8 Å². The van der Waals surface area contributed by atoms with Gasteiger partial charge in [-0.05, 0) is 6.42 Å². The van der Waals surface area contributed by atoms with Gasteiger partial charge in [0, 0.05) is 0 Å². The average molecular weight is 395 g/mol. The summed E-state index contributed by atoms with van der Waals surface area (Å²) in [6, 6.07) is 0. The lowest BCUT2D eigenvalue weighted by Gasteiger charge is -2.17. The van der Waals surface area contributed by atoms with E-state index < -0.39 is 33.2 Å². The molecule has 0 heterocycles. The molecule has 0 radical (unpaired) electrons. The number of carboxylic acids is 2. The predicted molar refractivity (Wildman–Crippen MR) is 99.8 cm³/mol. The van der Waals surface area contributed by atoms with Gasteiger partial charge >= 0.3 is 11.9 Å². The van der Waals surface area contributed by atoms with E-state index >= 15 is 0 Å². The van der Waals surface area contributed by atoms with Crippen LogP contribution in [0, 0.1) is 5.92 Å². The number of hydrogen-bond acceptors (Lipinski definition) is 4. The number of carbonyl (C=O) groups is 2. The Morgan fingerprint density at radius 2 is 1.12 bits per heavy atom. The van der Waals surface area contributed by atoms with Gasteiger partial charge in [0.05, 0.1) is 5.92 Å². The Hall–Kier alpha value is -1.15. The summed E-state index contributed by atoms with van der Waals surface area (Å²) in [6.07, 6.45) is 13.0. The summed E-state index contributed by atoms with van der Waals surface area (Å²) in [5.41, 5.74) is 0. The zero-order chi connectivity index (χ0) is 20.0. The molecule has 3 N–H and O–H groups in total. The first-order valence-corrected chi connectivity index (χ1v) is 11.1. The van der Waals surface area contributed by atoms with Crippen molar-refractivity contribution in [1.82, 2.24) is 0 Å². The van der Waals surface area contributed by atoms with Crippen LogP contribution in [0.3, 0.4) is 0 Å². The van der Waals surface area contributed by atoms with Gasteiger partial charge in [0.15, 0.2) is 5.25 Å². The fourth-order valence-electron chi connectivity index (χ4n) is 3.12. The third-order valence-electron chi connectivity index (χ3n) is 4.62. The summed E-state index contributed by atoms with van der Waals surface area (Å²) in [4.78, 5) is 22.2. The van der Waals surface area contributed by atoms with E-state index in [2.05, 4.69) is 6.92 Å². The second-order valence-electron chi connectivity index (χ2n) is 6.90. The maximum Gasteiger partial charge on any atom is 0.325 e. The van der Waals surface area contributed by atoms with Crippen LogP contribution in [0.2, 0.25) is 0 Å². The van der Waals surface area contributed by atoms with Gasteiger partial charge in [-0.1, -0.05) is 84.0 Å². The third-order valence-corrected chi connectivity index (χ3v) is 5.79.